The lowest BCUT2D eigenvalue weighted by atomic mass is 10.2. The minimum absolute atomic E-state index is 0.0292. The molecule has 0 bridgehead atoms. The molecule has 1 aliphatic rings. The van der Waals surface area contributed by atoms with Crippen LogP contribution in [-0.2, 0) is 11.2 Å². The van der Waals surface area contributed by atoms with Crippen LogP contribution in [0, 0.1) is 6.92 Å². The van der Waals surface area contributed by atoms with E-state index in [1.54, 1.807) is 16.7 Å². The predicted molar refractivity (Wildman–Crippen MR) is 93.8 cm³/mol. The molecule has 25 heavy (non-hydrogen) atoms. The summed E-state index contributed by atoms with van der Waals surface area (Å²) in [7, 11) is 0. The van der Waals surface area contributed by atoms with Gasteiger partial charge in [0.1, 0.15) is 11.3 Å². The molecule has 2 amide bonds. The van der Waals surface area contributed by atoms with Gasteiger partial charge >= 0.3 is 6.09 Å². The smallest absolute Gasteiger partial charge is 0.409 e. The van der Waals surface area contributed by atoms with Crippen molar-refractivity contribution in [3.05, 3.63) is 35.3 Å². The van der Waals surface area contributed by atoms with E-state index in [4.69, 9.17) is 4.74 Å². The molecule has 3 heterocycles. The lowest BCUT2D eigenvalue weighted by molar-refractivity contribution is 0.0564. The second-order valence-corrected chi connectivity index (χ2v) is 6.12. The predicted octanol–water partition coefficient (Wildman–Crippen LogP) is 2.12. The third kappa shape index (κ3) is 3.18. The third-order valence-corrected chi connectivity index (χ3v) is 4.55. The van der Waals surface area contributed by atoms with Gasteiger partial charge in [-0.3, -0.25) is 9.20 Å². The number of imidazole rings is 1. The van der Waals surface area contributed by atoms with E-state index in [9.17, 15) is 9.59 Å². The van der Waals surface area contributed by atoms with E-state index < -0.39 is 0 Å². The van der Waals surface area contributed by atoms with Gasteiger partial charge in [0.15, 0.2) is 0 Å². The second kappa shape index (κ2) is 7.13. The first-order chi connectivity index (χ1) is 12.1. The van der Waals surface area contributed by atoms with Gasteiger partial charge in [0.05, 0.1) is 12.3 Å². The molecule has 134 valence electrons. The number of aromatic nitrogens is 2. The summed E-state index contributed by atoms with van der Waals surface area (Å²) in [5.74, 6) is -0.0292. The molecule has 0 aliphatic carbocycles. The molecule has 7 nitrogen and oxygen atoms in total. The highest BCUT2D eigenvalue weighted by Gasteiger charge is 2.29. The van der Waals surface area contributed by atoms with Gasteiger partial charge < -0.3 is 14.5 Å². The van der Waals surface area contributed by atoms with Crippen LogP contribution in [0.15, 0.2) is 18.3 Å². The summed E-state index contributed by atoms with van der Waals surface area (Å²) in [5.41, 5.74) is 3.31. The first kappa shape index (κ1) is 17.3. The van der Waals surface area contributed by atoms with Crippen LogP contribution in [0.1, 0.15) is 35.6 Å². The molecular formula is C18H24N4O3. The van der Waals surface area contributed by atoms with E-state index in [0.717, 1.165) is 16.9 Å². The van der Waals surface area contributed by atoms with Gasteiger partial charge in [-0.15, -0.1) is 0 Å². The molecule has 7 heteroatoms. The third-order valence-electron chi connectivity index (χ3n) is 4.55. The Morgan fingerprint density at radius 2 is 1.84 bits per heavy atom. The van der Waals surface area contributed by atoms with Crippen LogP contribution in [0.2, 0.25) is 0 Å². The van der Waals surface area contributed by atoms with Crippen LogP contribution in [-0.4, -0.2) is 64.0 Å². The molecule has 1 aliphatic heterocycles. The maximum atomic E-state index is 13.1. The highest BCUT2D eigenvalue weighted by Crippen LogP contribution is 2.19. The van der Waals surface area contributed by atoms with Crippen LogP contribution in [0.5, 0.6) is 0 Å². The zero-order valence-electron chi connectivity index (χ0n) is 15.0. The van der Waals surface area contributed by atoms with Gasteiger partial charge in [0.25, 0.3) is 5.91 Å². The van der Waals surface area contributed by atoms with Crippen molar-refractivity contribution in [3.8, 4) is 0 Å². The quantitative estimate of drug-likeness (QED) is 0.855. The maximum absolute atomic E-state index is 13.1. The minimum atomic E-state index is -0.311. The SMILES string of the molecule is CCOC(=O)N1CCN(C(=O)c2c(CC)nc3c(C)cccn23)CC1. The van der Waals surface area contributed by atoms with Crippen LogP contribution >= 0.6 is 0 Å². The van der Waals surface area contributed by atoms with E-state index in [1.165, 1.54) is 0 Å². The van der Waals surface area contributed by atoms with Gasteiger partial charge in [-0.2, -0.15) is 0 Å². The number of pyridine rings is 1. The number of hydrogen-bond donors (Lipinski definition) is 0. The molecular weight excluding hydrogens is 320 g/mol. The Balaban J connectivity index is 1.82. The van der Waals surface area contributed by atoms with E-state index in [-0.39, 0.29) is 12.0 Å². The molecule has 0 unspecified atom stereocenters. The molecule has 0 radical (unpaired) electrons. The molecule has 0 saturated carbocycles. The summed E-state index contributed by atoms with van der Waals surface area (Å²) in [6.07, 6.45) is 2.27. The normalized spacial score (nSPS) is 14.8. The Bertz CT molecular complexity index is 791. The highest BCUT2D eigenvalue weighted by atomic mass is 16.6. The molecule has 0 aromatic carbocycles. The Hall–Kier alpha value is -2.57. The van der Waals surface area contributed by atoms with E-state index in [2.05, 4.69) is 4.98 Å². The van der Waals surface area contributed by atoms with Crippen molar-refractivity contribution < 1.29 is 14.3 Å². The lowest BCUT2D eigenvalue weighted by Crippen LogP contribution is -2.51. The van der Waals surface area contributed by atoms with Crippen LogP contribution in [0.4, 0.5) is 4.79 Å². The zero-order valence-corrected chi connectivity index (χ0v) is 15.0. The van der Waals surface area contributed by atoms with E-state index in [0.29, 0.717) is 44.9 Å². The summed E-state index contributed by atoms with van der Waals surface area (Å²) in [6, 6.07) is 3.92. The van der Waals surface area contributed by atoms with E-state index >= 15 is 0 Å². The van der Waals surface area contributed by atoms with Crippen molar-refractivity contribution in [3.63, 3.8) is 0 Å². The standard InChI is InChI=1S/C18H24N4O3/c1-4-14-15(22-8-6-7-13(3)16(22)19-14)17(23)20-9-11-21(12-10-20)18(24)25-5-2/h6-8H,4-5,9-12H2,1-3H3. The Morgan fingerprint density at radius 1 is 1.16 bits per heavy atom. The number of hydrogen-bond acceptors (Lipinski definition) is 4. The first-order valence-corrected chi connectivity index (χ1v) is 8.74. The average molecular weight is 344 g/mol. The molecule has 0 atom stereocenters. The number of fused-ring (bicyclic) bond motifs is 1. The molecule has 3 rings (SSSR count). The first-order valence-electron chi connectivity index (χ1n) is 8.74. The fraction of sp³-hybridized carbons (Fsp3) is 0.500. The van der Waals surface area contributed by atoms with Crippen molar-refractivity contribution in [2.45, 2.75) is 27.2 Å². The molecule has 1 saturated heterocycles. The number of amides is 2. The summed E-state index contributed by atoms with van der Waals surface area (Å²) >= 11 is 0. The number of carbonyl (C=O) groups is 2. The van der Waals surface area contributed by atoms with Crippen molar-refractivity contribution in [1.82, 2.24) is 19.2 Å². The topological polar surface area (TPSA) is 67.2 Å². The van der Waals surface area contributed by atoms with Gasteiger partial charge in [-0.25, -0.2) is 9.78 Å². The number of aryl methyl sites for hydroxylation is 2. The molecule has 2 aromatic heterocycles. The van der Waals surface area contributed by atoms with Crippen LogP contribution < -0.4 is 0 Å². The van der Waals surface area contributed by atoms with Crippen molar-refractivity contribution in [2.75, 3.05) is 32.8 Å². The summed E-state index contributed by atoms with van der Waals surface area (Å²) in [5, 5.41) is 0. The number of rotatable bonds is 3. The van der Waals surface area contributed by atoms with Gasteiger partial charge in [0, 0.05) is 32.4 Å². The maximum Gasteiger partial charge on any atom is 0.409 e. The summed E-state index contributed by atoms with van der Waals surface area (Å²) in [6.45, 7) is 8.12. The molecule has 0 N–H and O–H groups in total. The minimum Gasteiger partial charge on any atom is -0.450 e. The van der Waals surface area contributed by atoms with Crippen molar-refractivity contribution >= 4 is 17.6 Å². The number of ether oxygens (including phenoxy) is 1. The van der Waals surface area contributed by atoms with Gasteiger partial charge in [-0.05, 0) is 31.9 Å². The highest BCUT2D eigenvalue weighted by molar-refractivity contribution is 5.95. The number of piperazine rings is 1. The van der Waals surface area contributed by atoms with Crippen molar-refractivity contribution in [2.24, 2.45) is 0 Å². The number of nitrogens with zero attached hydrogens (tertiary/aromatic N) is 4. The monoisotopic (exact) mass is 344 g/mol. The van der Waals surface area contributed by atoms with Gasteiger partial charge in [-0.1, -0.05) is 13.0 Å². The summed E-state index contributed by atoms with van der Waals surface area (Å²) < 4.78 is 6.91. The second-order valence-electron chi connectivity index (χ2n) is 6.12. The largest absolute Gasteiger partial charge is 0.450 e. The molecule has 1 fully saturated rings. The fourth-order valence-electron chi connectivity index (χ4n) is 3.18. The van der Waals surface area contributed by atoms with Crippen LogP contribution in [0.3, 0.4) is 0 Å². The molecule has 2 aromatic rings. The fourth-order valence-corrected chi connectivity index (χ4v) is 3.18. The lowest BCUT2D eigenvalue weighted by Gasteiger charge is -2.34. The number of carbonyl (C=O) groups excluding carboxylic acids is 2. The van der Waals surface area contributed by atoms with Crippen molar-refractivity contribution in [1.29, 1.82) is 0 Å². The van der Waals surface area contributed by atoms with Crippen LogP contribution in [0.25, 0.3) is 5.65 Å². The average Bonchev–Trinajstić information content (AvgIpc) is 3.01. The Labute approximate surface area is 147 Å². The van der Waals surface area contributed by atoms with E-state index in [1.807, 2.05) is 36.6 Å². The summed E-state index contributed by atoms with van der Waals surface area (Å²) in [4.78, 5) is 33.0. The Morgan fingerprint density at radius 3 is 2.48 bits per heavy atom. The van der Waals surface area contributed by atoms with Gasteiger partial charge in [0.2, 0.25) is 0 Å². The Kier molecular flexibility index (Phi) is 4.92. The molecule has 0 spiro atoms. The zero-order chi connectivity index (χ0) is 18.0.